The van der Waals surface area contributed by atoms with Crippen LogP contribution >= 0.6 is 0 Å². The van der Waals surface area contributed by atoms with E-state index >= 15 is 0 Å². The zero-order valence-corrected chi connectivity index (χ0v) is 26.2. The SMILES string of the molecule is CCCCCCCCNC(=O)c1cc(C(=O)NCCCCCCCC)cc(C(=O)NC[C@H](C)CCCCCC)c1. The number of unbranched alkanes of at least 4 members (excludes halogenated alkanes) is 13. The molecule has 6 nitrogen and oxygen atoms in total. The van der Waals surface area contributed by atoms with Crippen LogP contribution in [0.25, 0.3) is 0 Å². The zero-order chi connectivity index (χ0) is 29.4. The molecule has 0 radical (unpaired) electrons. The van der Waals surface area contributed by atoms with Crippen LogP contribution in [0.15, 0.2) is 18.2 Å². The third-order valence-corrected chi connectivity index (χ3v) is 7.51. The minimum Gasteiger partial charge on any atom is -0.352 e. The summed E-state index contributed by atoms with van der Waals surface area (Å²) in [6.07, 6.45) is 19.7. The molecular formula is C34H59N3O3. The van der Waals surface area contributed by atoms with E-state index in [9.17, 15) is 14.4 Å². The largest absolute Gasteiger partial charge is 0.352 e. The average molecular weight is 558 g/mol. The van der Waals surface area contributed by atoms with Gasteiger partial charge in [-0.1, -0.05) is 118 Å². The summed E-state index contributed by atoms with van der Waals surface area (Å²) in [6, 6.07) is 4.84. The lowest BCUT2D eigenvalue weighted by molar-refractivity contribution is 0.0947. The molecule has 0 heterocycles. The number of carbonyl (C=O) groups is 3. The van der Waals surface area contributed by atoms with E-state index in [0.717, 1.165) is 32.1 Å². The highest BCUT2D eigenvalue weighted by atomic mass is 16.2. The molecule has 0 bridgehead atoms. The third-order valence-electron chi connectivity index (χ3n) is 7.51. The van der Waals surface area contributed by atoms with Crippen LogP contribution in [0, 0.1) is 5.92 Å². The minimum atomic E-state index is -0.240. The topological polar surface area (TPSA) is 87.3 Å². The minimum absolute atomic E-state index is 0.238. The lowest BCUT2D eigenvalue weighted by Crippen LogP contribution is -2.30. The molecule has 0 saturated carbocycles. The molecule has 0 unspecified atom stereocenters. The summed E-state index contributed by atoms with van der Waals surface area (Å²) < 4.78 is 0. The molecule has 0 aliphatic carbocycles. The maximum atomic E-state index is 13.1. The van der Waals surface area contributed by atoms with Gasteiger partial charge < -0.3 is 16.0 Å². The Labute approximate surface area is 245 Å². The van der Waals surface area contributed by atoms with Crippen molar-refractivity contribution in [3.8, 4) is 0 Å². The van der Waals surface area contributed by atoms with Crippen LogP contribution in [0.5, 0.6) is 0 Å². The van der Waals surface area contributed by atoms with Gasteiger partial charge in [0.25, 0.3) is 17.7 Å². The van der Waals surface area contributed by atoms with Gasteiger partial charge in [0.2, 0.25) is 0 Å². The highest BCUT2D eigenvalue weighted by Gasteiger charge is 2.17. The fraction of sp³-hybridized carbons (Fsp3) is 0.735. The van der Waals surface area contributed by atoms with Crippen molar-refractivity contribution in [2.45, 2.75) is 137 Å². The molecule has 40 heavy (non-hydrogen) atoms. The zero-order valence-electron chi connectivity index (χ0n) is 26.2. The van der Waals surface area contributed by atoms with Crippen molar-refractivity contribution in [2.75, 3.05) is 19.6 Å². The highest BCUT2D eigenvalue weighted by Crippen LogP contribution is 2.14. The second-order valence-corrected chi connectivity index (χ2v) is 11.5. The van der Waals surface area contributed by atoms with Crippen molar-refractivity contribution in [2.24, 2.45) is 5.92 Å². The predicted octanol–water partition coefficient (Wildman–Crippen LogP) is 8.20. The molecule has 1 aromatic rings. The number of carbonyl (C=O) groups excluding carboxylic acids is 3. The molecule has 1 rings (SSSR count). The van der Waals surface area contributed by atoms with E-state index < -0.39 is 0 Å². The van der Waals surface area contributed by atoms with E-state index in [1.807, 2.05) is 0 Å². The average Bonchev–Trinajstić information content (AvgIpc) is 2.96. The Kier molecular flexibility index (Phi) is 20.8. The number of hydrogen-bond acceptors (Lipinski definition) is 3. The van der Waals surface area contributed by atoms with Gasteiger partial charge in [0.05, 0.1) is 0 Å². The maximum Gasteiger partial charge on any atom is 0.251 e. The van der Waals surface area contributed by atoms with Gasteiger partial charge in [-0.05, 0) is 43.4 Å². The van der Waals surface area contributed by atoms with Crippen molar-refractivity contribution in [1.29, 1.82) is 0 Å². The molecule has 1 atom stereocenters. The first-order valence-corrected chi connectivity index (χ1v) is 16.4. The summed E-state index contributed by atoms with van der Waals surface area (Å²) in [5.74, 6) is -0.337. The lowest BCUT2D eigenvalue weighted by Gasteiger charge is -2.14. The Morgan fingerprint density at radius 1 is 0.525 bits per heavy atom. The van der Waals surface area contributed by atoms with Gasteiger partial charge in [-0.3, -0.25) is 14.4 Å². The molecule has 3 amide bonds. The Balaban J connectivity index is 2.78. The quantitative estimate of drug-likeness (QED) is 0.112. The molecule has 228 valence electrons. The van der Waals surface area contributed by atoms with Gasteiger partial charge in [-0.2, -0.15) is 0 Å². The van der Waals surface area contributed by atoms with E-state index in [4.69, 9.17) is 0 Å². The Bertz CT molecular complexity index is 791. The summed E-state index contributed by atoms with van der Waals surface area (Å²) >= 11 is 0. The second kappa shape index (κ2) is 23.3. The first kappa shape index (κ1) is 35.7. The Morgan fingerprint density at radius 3 is 1.30 bits per heavy atom. The monoisotopic (exact) mass is 557 g/mol. The normalized spacial score (nSPS) is 11.7. The molecule has 0 aliphatic heterocycles. The van der Waals surface area contributed by atoms with Gasteiger partial charge in [-0.15, -0.1) is 0 Å². The summed E-state index contributed by atoms with van der Waals surface area (Å²) in [5, 5.41) is 8.98. The summed E-state index contributed by atoms with van der Waals surface area (Å²) in [7, 11) is 0. The molecule has 0 aromatic heterocycles. The fourth-order valence-corrected chi connectivity index (χ4v) is 4.83. The van der Waals surface area contributed by atoms with E-state index in [-0.39, 0.29) is 17.7 Å². The second-order valence-electron chi connectivity index (χ2n) is 11.5. The van der Waals surface area contributed by atoms with Crippen LogP contribution in [0.1, 0.15) is 168 Å². The molecule has 3 N–H and O–H groups in total. The number of rotatable bonds is 24. The third kappa shape index (κ3) is 16.7. The van der Waals surface area contributed by atoms with Crippen LogP contribution < -0.4 is 16.0 Å². The fourth-order valence-electron chi connectivity index (χ4n) is 4.83. The molecular weight excluding hydrogens is 498 g/mol. The van der Waals surface area contributed by atoms with Gasteiger partial charge in [-0.25, -0.2) is 0 Å². The van der Waals surface area contributed by atoms with Crippen LogP contribution in [-0.2, 0) is 0 Å². The van der Waals surface area contributed by atoms with Gasteiger partial charge in [0.15, 0.2) is 0 Å². The van der Waals surface area contributed by atoms with Gasteiger partial charge >= 0.3 is 0 Å². The number of hydrogen-bond donors (Lipinski definition) is 3. The predicted molar refractivity (Wildman–Crippen MR) is 168 cm³/mol. The van der Waals surface area contributed by atoms with E-state index in [2.05, 4.69) is 43.6 Å². The summed E-state index contributed by atoms with van der Waals surface area (Å²) in [4.78, 5) is 39.0. The smallest absolute Gasteiger partial charge is 0.251 e. The van der Waals surface area contributed by atoms with Crippen molar-refractivity contribution in [3.63, 3.8) is 0 Å². The van der Waals surface area contributed by atoms with Crippen LogP contribution in [0.2, 0.25) is 0 Å². The van der Waals surface area contributed by atoms with Crippen LogP contribution in [0.4, 0.5) is 0 Å². The molecule has 0 spiro atoms. The van der Waals surface area contributed by atoms with Crippen LogP contribution in [-0.4, -0.2) is 37.4 Å². The van der Waals surface area contributed by atoms with E-state index in [0.29, 0.717) is 42.2 Å². The van der Waals surface area contributed by atoms with Gasteiger partial charge in [0.1, 0.15) is 0 Å². The van der Waals surface area contributed by atoms with Gasteiger partial charge in [0, 0.05) is 36.3 Å². The van der Waals surface area contributed by atoms with Crippen molar-refractivity contribution >= 4 is 17.7 Å². The number of benzene rings is 1. The molecule has 0 fully saturated rings. The summed E-state index contributed by atoms with van der Waals surface area (Å²) in [6.45, 7) is 10.5. The molecule has 0 saturated heterocycles. The van der Waals surface area contributed by atoms with Crippen molar-refractivity contribution in [1.82, 2.24) is 16.0 Å². The molecule has 0 aliphatic rings. The van der Waals surface area contributed by atoms with E-state index in [1.54, 1.807) is 18.2 Å². The van der Waals surface area contributed by atoms with Crippen molar-refractivity contribution in [3.05, 3.63) is 34.9 Å². The summed E-state index contributed by atoms with van der Waals surface area (Å²) in [5.41, 5.74) is 1.07. The molecule has 1 aromatic carbocycles. The first-order chi connectivity index (χ1) is 19.4. The van der Waals surface area contributed by atoms with Crippen LogP contribution in [0.3, 0.4) is 0 Å². The highest BCUT2D eigenvalue weighted by molar-refractivity contribution is 6.04. The lowest BCUT2D eigenvalue weighted by atomic mass is 10.0. The molecule has 6 heteroatoms. The Hall–Kier alpha value is -2.37. The van der Waals surface area contributed by atoms with E-state index in [1.165, 1.54) is 77.0 Å². The number of amides is 3. The number of nitrogens with one attached hydrogen (secondary N) is 3. The Morgan fingerprint density at radius 2 is 0.875 bits per heavy atom. The van der Waals surface area contributed by atoms with Crippen molar-refractivity contribution < 1.29 is 14.4 Å². The standard InChI is InChI=1S/C34H59N3O3/c1-5-8-11-14-16-19-22-35-32(38)29-24-30(33(39)36-23-20-17-15-12-9-6-2)26-31(25-29)34(40)37-27-28(4)21-18-13-10-7-3/h24-26,28H,5-23,27H2,1-4H3,(H,35,38)(H,36,39)(H,37,40)/t28-/m1/s1. The first-order valence-electron chi connectivity index (χ1n) is 16.4. The maximum absolute atomic E-state index is 13.1.